The van der Waals surface area contributed by atoms with Crippen molar-refractivity contribution in [3.63, 3.8) is 0 Å². The number of nitrogens with zero attached hydrogens (tertiary/aromatic N) is 2. The van der Waals surface area contributed by atoms with Crippen molar-refractivity contribution in [2.24, 2.45) is 7.05 Å². The van der Waals surface area contributed by atoms with Crippen molar-refractivity contribution in [2.75, 3.05) is 0 Å². The monoisotopic (exact) mass is 284 g/mol. The molecule has 16 heavy (non-hydrogen) atoms. The van der Waals surface area contributed by atoms with Gasteiger partial charge in [0, 0.05) is 29.3 Å². The van der Waals surface area contributed by atoms with Crippen LogP contribution >= 0.6 is 15.9 Å². The van der Waals surface area contributed by atoms with Crippen molar-refractivity contribution < 1.29 is 9.13 Å². The first-order chi connectivity index (χ1) is 7.66. The number of rotatable bonds is 3. The molecule has 0 saturated heterocycles. The molecule has 1 heterocycles. The van der Waals surface area contributed by atoms with E-state index in [0.717, 1.165) is 0 Å². The van der Waals surface area contributed by atoms with E-state index < -0.39 is 0 Å². The van der Waals surface area contributed by atoms with Crippen molar-refractivity contribution in [2.45, 2.75) is 6.61 Å². The van der Waals surface area contributed by atoms with Crippen molar-refractivity contribution in [1.82, 2.24) is 9.78 Å². The van der Waals surface area contributed by atoms with Gasteiger partial charge < -0.3 is 4.74 Å². The molecule has 0 bridgehead atoms. The number of hydrogen-bond donors (Lipinski definition) is 0. The Morgan fingerprint density at radius 1 is 1.44 bits per heavy atom. The van der Waals surface area contributed by atoms with Gasteiger partial charge in [-0.3, -0.25) is 4.68 Å². The van der Waals surface area contributed by atoms with Gasteiger partial charge in [0.05, 0.1) is 0 Å². The van der Waals surface area contributed by atoms with Crippen LogP contribution in [0.25, 0.3) is 0 Å². The molecular formula is C11H10BrFN2O. The normalized spacial score (nSPS) is 10.4. The third kappa shape index (κ3) is 2.41. The van der Waals surface area contributed by atoms with E-state index in [1.807, 2.05) is 0 Å². The Bertz CT molecular complexity index is 478. The third-order valence-corrected chi connectivity index (χ3v) is 2.86. The Morgan fingerprint density at radius 3 is 2.88 bits per heavy atom. The molecule has 2 aromatic rings. The first-order valence-corrected chi connectivity index (χ1v) is 5.51. The lowest BCUT2D eigenvalue weighted by Gasteiger charge is -2.06. The fourth-order valence-electron chi connectivity index (χ4n) is 1.29. The van der Waals surface area contributed by atoms with E-state index >= 15 is 0 Å². The van der Waals surface area contributed by atoms with Crippen molar-refractivity contribution in [3.05, 3.63) is 46.3 Å². The standard InChI is InChI=1S/C11H10BrFN2O/c1-15-6-5-11(14-15)16-7-8-9(12)3-2-4-10(8)13/h2-6H,7H2,1H3. The Balaban J connectivity index is 2.10. The second-order valence-electron chi connectivity index (χ2n) is 3.32. The average molecular weight is 285 g/mol. The maximum atomic E-state index is 13.4. The molecule has 3 nitrogen and oxygen atoms in total. The molecule has 1 aromatic carbocycles. The van der Waals surface area contributed by atoms with E-state index in [1.54, 1.807) is 36.1 Å². The molecule has 0 fully saturated rings. The molecule has 0 aliphatic rings. The Kier molecular flexibility index (Phi) is 3.24. The van der Waals surface area contributed by atoms with E-state index in [1.165, 1.54) is 6.07 Å². The second kappa shape index (κ2) is 4.65. The van der Waals surface area contributed by atoms with Crippen LogP contribution in [0.2, 0.25) is 0 Å². The number of ether oxygens (including phenoxy) is 1. The summed E-state index contributed by atoms with van der Waals surface area (Å²) >= 11 is 3.28. The maximum Gasteiger partial charge on any atom is 0.233 e. The van der Waals surface area contributed by atoms with Gasteiger partial charge in [-0.2, -0.15) is 0 Å². The van der Waals surface area contributed by atoms with Crippen molar-refractivity contribution >= 4 is 15.9 Å². The molecule has 0 radical (unpaired) electrons. The van der Waals surface area contributed by atoms with Crippen LogP contribution in [-0.4, -0.2) is 9.78 Å². The predicted octanol–water partition coefficient (Wildman–Crippen LogP) is 2.90. The lowest BCUT2D eigenvalue weighted by Crippen LogP contribution is -2.00. The molecule has 5 heteroatoms. The van der Waals surface area contributed by atoms with Gasteiger partial charge in [-0.1, -0.05) is 22.0 Å². The quantitative estimate of drug-likeness (QED) is 0.867. The second-order valence-corrected chi connectivity index (χ2v) is 4.17. The van der Waals surface area contributed by atoms with E-state index in [9.17, 15) is 4.39 Å². The zero-order valence-corrected chi connectivity index (χ0v) is 10.2. The molecule has 0 atom stereocenters. The Morgan fingerprint density at radius 2 is 2.25 bits per heavy atom. The van der Waals surface area contributed by atoms with Crippen LogP contribution in [0, 0.1) is 5.82 Å². The number of hydrogen-bond acceptors (Lipinski definition) is 2. The minimum absolute atomic E-state index is 0.157. The number of halogens is 2. The number of benzene rings is 1. The molecule has 84 valence electrons. The molecule has 0 saturated carbocycles. The van der Waals surface area contributed by atoms with E-state index in [4.69, 9.17) is 4.74 Å². The summed E-state index contributed by atoms with van der Waals surface area (Å²) < 4.78 is 21.1. The van der Waals surface area contributed by atoms with E-state index in [2.05, 4.69) is 21.0 Å². The van der Waals surface area contributed by atoms with Gasteiger partial charge in [-0.05, 0) is 12.1 Å². The molecule has 0 aliphatic heterocycles. The van der Waals surface area contributed by atoms with Crippen LogP contribution in [0.15, 0.2) is 34.9 Å². The summed E-state index contributed by atoms with van der Waals surface area (Å²) in [5.74, 6) is 0.197. The molecular weight excluding hydrogens is 275 g/mol. The van der Waals surface area contributed by atoms with Crippen LogP contribution < -0.4 is 4.74 Å². The van der Waals surface area contributed by atoms with Crippen LogP contribution in [0.4, 0.5) is 4.39 Å². The fourth-order valence-corrected chi connectivity index (χ4v) is 1.74. The van der Waals surface area contributed by atoms with E-state index in [0.29, 0.717) is 15.9 Å². The van der Waals surface area contributed by atoms with Gasteiger partial charge in [-0.25, -0.2) is 4.39 Å². The molecule has 0 unspecified atom stereocenters. The summed E-state index contributed by atoms with van der Waals surface area (Å²) in [5, 5.41) is 4.04. The van der Waals surface area contributed by atoms with Gasteiger partial charge in [0.2, 0.25) is 5.88 Å². The molecule has 0 spiro atoms. The maximum absolute atomic E-state index is 13.4. The summed E-state index contributed by atoms with van der Waals surface area (Å²) in [7, 11) is 1.80. The van der Waals surface area contributed by atoms with Gasteiger partial charge in [0.1, 0.15) is 12.4 Å². The molecule has 0 aliphatic carbocycles. The highest BCUT2D eigenvalue weighted by Crippen LogP contribution is 2.21. The van der Waals surface area contributed by atoms with Crippen molar-refractivity contribution in [3.8, 4) is 5.88 Å². The number of aromatic nitrogens is 2. The Hall–Kier alpha value is -1.36. The summed E-state index contributed by atoms with van der Waals surface area (Å²) in [4.78, 5) is 0. The third-order valence-electron chi connectivity index (χ3n) is 2.12. The van der Waals surface area contributed by atoms with Crippen LogP contribution in [0.3, 0.4) is 0 Å². The van der Waals surface area contributed by atoms with Crippen molar-refractivity contribution in [1.29, 1.82) is 0 Å². The molecule has 0 N–H and O–H groups in total. The van der Waals surface area contributed by atoms with Crippen LogP contribution in [0.5, 0.6) is 5.88 Å². The summed E-state index contributed by atoms with van der Waals surface area (Å²) in [5.41, 5.74) is 0.494. The predicted molar refractivity (Wildman–Crippen MR) is 61.6 cm³/mol. The topological polar surface area (TPSA) is 27.1 Å². The average Bonchev–Trinajstić information content (AvgIpc) is 2.63. The van der Waals surface area contributed by atoms with Gasteiger partial charge >= 0.3 is 0 Å². The zero-order chi connectivity index (χ0) is 11.5. The van der Waals surface area contributed by atoms with Gasteiger partial charge in [0.15, 0.2) is 0 Å². The lowest BCUT2D eigenvalue weighted by molar-refractivity contribution is 0.284. The largest absolute Gasteiger partial charge is 0.472 e. The van der Waals surface area contributed by atoms with Gasteiger partial charge in [0.25, 0.3) is 0 Å². The smallest absolute Gasteiger partial charge is 0.233 e. The minimum Gasteiger partial charge on any atom is -0.472 e. The highest BCUT2D eigenvalue weighted by atomic mass is 79.9. The first-order valence-electron chi connectivity index (χ1n) is 4.72. The SMILES string of the molecule is Cn1ccc(OCc2c(F)cccc2Br)n1. The fraction of sp³-hybridized carbons (Fsp3) is 0.182. The highest BCUT2D eigenvalue weighted by Gasteiger charge is 2.07. The molecule has 1 aromatic heterocycles. The Labute approximate surface area is 101 Å². The van der Waals surface area contributed by atoms with Gasteiger partial charge in [-0.15, -0.1) is 5.10 Å². The highest BCUT2D eigenvalue weighted by molar-refractivity contribution is 9.10. The number of aryl methyl sites for hydroxylation is 1. The van der Waals surface area contributed by atoms with E-state index in [-0.39, 0.29) is 12.4 Å². The summed E-state index contributed by atoms with van der Waals surface area (Å²) in [6, 6.07) is 6.56. The molecule has 2 rings (SSSR count). The summed E-state index contributed by atoms with van der Waals surface area (Å²) in [6.45, 7) is 0.157. The van der Waals surface area contributed by atoms with Crippen LogP contribution in [0.1, 0.15) is 5.56 Å². The minimum atomic E-state index is -0.287. The van der Waals surface area contributed by atoms with Crippen LogP contribution in [-0.2, 0) is 13.7 Å². The first kappa shape index (κ1) is 11.1. The lowest BCUT2D eigenvalue weighted by atomic mass is 10.2. The summed E-state index contributed by atoms with van der Waals surface area (Å²) in [6.07, 6.45) is 1.77. The zero-order valence-electron chi connectivity index (χ0n) is 8.65. The molecule has 0 amide bonds.